The molecule has 0 bridgehead atoms. The number of hydrogen-bond acceptors (Lipinski definition) is 4. The van der Waals surface area contributed by atoms with Crippen LogP contribution in [0.25, 0.3) is 11.3 Å². The maximum atomic E-state index is 12.5. The van der Waals surface area contributed by atoms with Crippen molar-refractivity contribution in [3.05, 3.63) is 42.1 Å². The van der Waals surface area contributed by atoms with Gasteiger partial charge in [0.25, 0.3) is 5.91 Å². The van der Waals surface area contributed by atoms with E-state index < -0.39 is 5.60 Å². The van der Waals surface area contributed by atoms with Crippen LogP contribution in [0, 0.1) is 0 Å². The van der Waals surface area contributed by atoms with E-state index in [-0.39, 0.29) is 12.0 Å². The van der Waals surface area contributed by atoms with Gasteiger partial charge in [0.1, 0.15) is 5.60 Å². The van der Waals surface area contributed by atoms with E-state index in [1.54, 1.807) is 4.90 Å². The van der Waals surface area contributed by atoms with Crippen LogP contribution in [0.5, 0.6) is 0 Å². The van der Waals surface area contributed by atoms with Crippen LogP contribution in [-0.2, 0) is 4.74 Å². The van der Waals surface area contributed by atoms with Gasteiger partial charge in [-0.3, -0.25) is 9.89 Å². The van der Waals surface area contributed by atoms with Crippen LogP contribution in [-0.4, -0.2) is 52.3 Å². The summed E-state index contributed by atoms with van der Waals surface area (Å²) in [6, 6.07) is 9.53. The van der Waals surface area contributed by atoms with Crippen LogP contribution >= 0.6 is 0 Å². The van der Waals surface area contributed by atoms with E-state index in [1.165, 1.54) is 6.20 Å². The fourth-order valence-corrected chi connectivity index (χ4v) is 2.39. The minimum atomic E-state index is -0.546. The van der Waals surface area contributed by atoms with E-state index in [0.717, 1.165) is 5.56 Å². The molecule has 2 rings (SSSR count). The molecule has 0 saturated carbocycles. The number of carbonyl (C=O) groups is 2. The number of benzene rings is 1. The van der Waals surface area contributed by atoms with E-state index >= 15 is 0 Å². The Morgan fingerprint density at radius 3 is 2.54 bits per heavy atom. The molecule has 0 spiro atoms. The average Bonchev–Trinajstić information content (AvgIpc) is 3.07. The number of carbonyl (C=O) groups excluding carboxylic acids is 2. The van der Waals surface area contributed by atoms with Gasteiger partial charge in [-0.2, -0.15) is 5.10 Å². The third kappa shape index (κ3) is 5.34. The molecular formula is C19H26N4O3. The lowest BCUT2D eigenvalue weighted by molar-refractivity contribution is 0.0261. The summed E-state index contributed by atoms with van der Waals surface area (Å²) >= 11 is 0. The summed E-state index contributed by atoms with van der Waals surface area (Å²) in [5.74, 6) is -0.238. The van der Waals surface area contributed by atoms with Crippen LogP contribution in [0.4, 0.5) is 4.79 Å². The van der Waals surface area contributed by atoms with Crippen LogP contribution in [0.15, 0.2) is 36.5 Å². The molecule has 1 heterocycles. The van der Waals surface area contributed by atoms with E-state index in [4.69, 9.17) is 4.74 Å². The van der Waals surface area contributed by atoms with Gasteiger partial charge in [0.2, 0.25) is 0 Å². The molecule has 1 aromatic carbocycles. The van der Waals surface area contributed by atoms with Gasteiger partial charge in [-0.05, 0) is 27.7 Å². The van der Waals surface area contributed by atoms with Gasteiger partial charge in [0.05, 0.1) is 17.5 Å². The highest BCUT2D eigenvalue weighted by Crippen LogP contribution is 2.20. The van der Waals surface area contributed by atoms with Crippen molar-refractivity contribution in [2.75, 3.05) is 19.6 Å². The highest BCUT2D eigenvalue weighted by atomic mass is 16.6. The van der Waals surface area contributed by atoms with Gasteiger partial charge in [-0.1, -0.05) is 30.3 Å². The molecule has 0 unspecified atom stereocenters. The Morgan fingerprint density at radius 2 is 1.92 bits per heavy atom. The van der Waals surface area contributed by atoms with Gasteiger partial charge in [-0.15, -0.1) is 0 Å². The summed E-state index contributed by atoms with van der Waals surface area (Å²) in [6.45, 7) is 8.54. The summed E-state index contributed by atoms with van der Waals surface area (Å²) < 4.78 is 5.36. The molecule has 0 aliphatic heterocycles. The lowest BCUT2D eigenvalue weighted by atomic mass is 10.1. The number of hydrogen-bond donors (Lipinski definition) is 2. The van der Waals surface area contributed by atoms with Gasteiger partial charge in [0.15, 0.2) is 0 Å². The number of ether oxygens (including phenoxy) is 1. The average molecular weight is 358 g/mol. The largest absolute Gasteiger partial charge is 0.444 e. The van der Waals surface area contributed by atoms with Crippen LogP contribution < -0.4 is 5.32 Å². The molecule has 2 N–H and O–H groups in total. The Labute approximate surface area is 153 Å². The standard InChI is InChI=1S/C19H26N4O3/c1-5-23(18(25)26-19(2,3)4)12-11-20-17(24)15-13-21-22-16(15)14-9-7-6-8-10-14/h6-10,13H,5,11-12H2,1-4H3,(H,20,24)(H,21,22). The zero-order chi connectivity index (χ0) is 19.2. The Bertz CT molecular complexity index is 735. The van der Waals surface area contributed by atoms with Crippen LogP contribution in [0.3, 0.4) is 0 Å². The number of nitrogens with zero attached hydrogens (tertiary/aromatic N) is 2. The second-order valence-corrected chi connectivity index (χ2v) is 6.84. The molecule has 0 saturated heterocycles. The van der Waals surface area contributed by atoms with Crippen molar-refractivity contribution < 1.29 is 14.3 Å². The first kappa shape index (κ1) is 19.5. The van der Waals surface area contributed by atoms with Gasteiger partial charge in [-0.25, -0.2) is 4.79 Å². The molecule has 1 aromatic heterocycles. The fourth-order valence-electron chi connectivity index (χ4n) is 2.39. The number of amides is 2. The number of likely N-dealkylation sites (N-methyl/N-ethyl adjacent to an activating group) is 1. The van der Waals surface area contributed by atoms with E-state index in [2.05, 4.69) is 15.5 Å². The molecule has 0 fully saturated rings. The maximum Gasteiger partial charge on any atom is 0.410 e. The Kier molecular flexibility index (Phi) is 6.38. The first-order valence-electron chi connectivity index (χ1n) is 8.66. The fraction of sp³-hybridized carbons (Fsp3) is 0.421. The lowest BCUT2D eigenvalue weighted by Crippen LogP contribution is -2.41. The minimum absolute atomic E-state index is 0.238. The predicted molar refractivity (Wildman–Crippen MR) is 99.8 cm³/mol. The summed E-state index contributed by atoms with van der Waals surface area (Å²) in [4.78, 5) is 26.1. The van der Waals surface area contributed by atoms with Crippen molar-refractivity contribution in [2.24, 2.45) is 0 Å². The van der Waals surface area contributed by atoms with Crippen molar-refractivity contribution >= 4 is 12.0 Å². The van der Waals surface area contributed by atoms with Gasteiger partial charge in [0, 0.05) is 25.2 Å². The van der Waals surface area contributed by atoms with Crippen molar-refractivity contribution in [1.29, 1.82) is 0 Å². The third-order valence-corrected chi connectivity index (χ3v) is 3.65. The van der Waals surface area contributed by atoms with Gasteiger partial charge >= 0.3 is 6.09 Å². The van der Waals surface area contributed by atoms with Crippen molar-refractivity contribution in [3.63, 3.8) is 0 Å². The number of aromatic nitrogens is 2. The highest BCUT2D eigenvalue weighted by molar-refractivity contribution is 5.99. The minimum Gasteiger partial charge on any atom is -0.444 e. The zero-order valence-corrected chi connectivity index (χ0v) is 15.7. The lowest BCUT2D eigenvalue weighted by Gasteiger charge is -2.26. The normalized spacial score (nSPS) is 11.1. The molecule has 0 atom stereocenters. The third-order valence-electron chi connectivity index (χ3n) is 3.65. The summed E-state index contributed by atoms with van der Waals surface area (Å²) in [6.07, 6.45) is 1.12. The second-order valence-electron chi connectivity index (χ2n) is 6.84. The summed E-state index contributed by atoms with van der Waals surface area (Å²) in [5, 5.41) is 9.67. The first-order valence-corrected chi connectivity index (χ1v) is 8.66. The second kappa shape index (κ2) is 8.51. The van der Waals surface area contributed by atoms with Crippen LogP contribution in [0.2, 0.25) is 0 Å². The Balaban J connectivity index is 1.93. The first-order chi connectivity index (χ1) is 12.3. The number of nitrogens with one attached hydrogen (secondary N) is 2. The molecule has 2 amide bonds. The van der Waals surface area contributed by atoms with Crippen molar-refractivity contribution in [2.45, 2.75) is 33.3 Å². The van der Waals surface area contributed by atoms with E-state index in [1.807, 2.05) is 58.0 Å². The van der Waals surface area contributed by atoms with Gasteiger partial charge < -0.3 is 15.0 Å². The monoisotopic (exact) mass is 358 g/mol. The highest BCUT2D eigenvalue weighted by Gasteiger charge is 2.21. The maximum absolute atomic E-state index is 12.5. The summed E-state index contributed by atoms with van der Waals surface area (Å²) in [5.41, 5.74) is 1.48. The molecule has 7 nitrogen and oxygen atoms in total. The smallest absolute Gasteiger partial charge is 0.410 e. The van der Waals surface area contributed by atoms with Crippen molar-refractivity contribution in [3.8, 4) is 11.3 Å². The molecule has 0 aliphatic rings. The number of aromatic amines is 1. The van der Waals surface area contributed by atoms with Crippen molar-refractivity contribution in [1.82, 2.24) is 20.4 Å². The Hall–Kier alpha value is -2.83. The molecule has 0 radical (unpaired) electrons. The Morgan fingerprint density at radius 1 is 1.23 bits per heavy atom. The molecule has 2 aromatic rings. The summed E-state index contributed by atoms with van der Waals surface area (Å²) in [7, 11) is 0. The molecular weight excluding hydrogens is 332 g/mol. The number of H-pyrrole nitrogens is 1. The molecule has 0 aliphatic carbocycles. The molecule has 26 heavy (non-hydrogen) atoms. The number of rotatable bonds is 6. The molecule has 140 valence electrons. The van der Waals surface area contributed by atoms with E-state index in [9.17, 15) is 9.59 Å². The SMILES string of the molecule is CCN(CCNC(=O)c1cn[nH]c1-c1ccccc1)C(=O)OC(C)(C)C. The molecule has 7 heteroatoms. The quantitative estimate of drug-likeness (QED) is 0.831. The van der Waals surface area contributed by atoms with E-state index in [0.29, 0.717) is 30.9 Å². The zero-order valence-electron chi connectivity index (χ0n) is 15.7. The predicted octanol–water partition coefficient (Wildman–Crippen LogP) is 3.06. The van der Waals surface area contributed by atoms with Crippen LogP contribution in [0.1, 0.15) is 38.1 Å². The topological polar surface area (TPSA) is 87.3 Å².